The second-order valence-corrected chi connectivity index (χ2v) is 14.8. The van der Waals surface area contributed by atoms with Crippen molar-refractivity contribution in [1.82, 2.24) is 19.3 Å². The Labute approximate surface area is 323 Å². The van der Waals surface area contributed by atoms with E-state index in [0.717, 1.165) is 58.3 Å². The number of nitrogens with zero attached hydrogens (tertiary/aromatic N) is 4. The third kappa shape index (κ3) is 7.13. The maximum atomic E-state index is 6.70. The van der Waals surface area contributed by atoms with Crippen LogP contribution in [0.3, 0.4) is 0 Å². The molecule has 0 bridgehead atoms. The van der Waals surface area contributed by atoms with Gasteiger partial charge in [-0.1, -0.05) is 76.0 Å². The fraction of sp³-hybridized carbons (Fsp3) is 0.304. The summed E-state index contributed by atoms with van der Waals surface area (Å²) in [4.78, 5) is 4.79. The van der Waals surface area contributed by atoms with Crippen LogP contribution < -0.4 is 4.74 Å². The first-order valence-corrected chi connectivity index (χ1v) is 18.3. The molecule has 0 unspecified atom stereocenters. The molecule has 7 rings (SSSR count). The first kappa shape index (κ1) is 37.3. The Hall–Kier alpha value is -4.47. The quantitative estimate of drug-likeness (QED) is 0.129. The largest absolute Gasteiger partial charge is 2.00 e. The molecule has 4 aromatic carbocycles. The summed E-state index contributed by atoms with van der Waals surface area (Å²) in [6.07, 6.45) is 4.81. The number of pyridine rings is 1. The van der Waals surface area contributed by atoms with Gasteiger partial charge in [0.15, 0.2) is 0 Å². The van der Waals surface area contributed by atoms with Gasteiger partial charge in [0, 0.05) is 34.5 Å². The summed E-state index contributed by atoms with van der Waals surface area (Å²) in [5, 5.41) is 7.49. The van der Waals surface area contributed by atoms with Crippen molar-refractivity contribution >= 4 is 21.8 Å². The molecular weight excluding hydrogens is 820 g/mol. The molecule has 0 saturated carbocycles. The number of aromatic nitrogens is 4. The molecule has 0 aliphatic rings. The molecule has 0 saturated heterocycles. The van der Waals surface area contributed by atoms with Crippen molar-refractivity contribution < 1.29 is 25.8 Å². The van der Waals surface area contributed by atoms with Crippen LogP contribution in [0.15, 0.2) is 79.0 Å². The average Bonchev–Trinajstić information content (AvgIpc) is 3.60. The third-order valence-electron chi connectivity index (χ3n) is 10.0. The van der Waals surface area contributed by atoms with Crippen LogP contribution in [0.1, 0.15) is 86.2 Å². The number of rotatable bonds is 10. The summed E-state index contributed by atoms with van der Waals surface area (Å²) in [6.45, 7) is 19.9. The van der Waals surface area contributed by atoms with Crippen LogP contribution in [0.5, 0.6) is 11.5 Å². The zero-order valence-electron chi connectivity index (χ0n) is 31.8. The van der Waals surface area contributed by atoms with E-state index in [1.165, 1.54) is 44.6 Å². The van der Waals surface area contributed by atoms with Crippen LogP contribution >= 0.6 is 0 Å². The van der Waals surface area contributed by atoms with Crippen molar-refractivity contribution in [2.24, 2.45) is 5.92 Å². The average molecular weight is 868 g/mol. The Morgan fingerprint density at radius 2 is 1.54 bits per heavy atom. The molecule has 52 heavy (non-hydrogen) atoms. The Balaban J connectivity index is 0.00000464. The first-order valence-electron chi connectivity index (χ1n) is 18.3. The maximum Gasteiger partial charge on any atom is 2.00 e. The monoisotopic (exact) mass is 867 g/mol. The van der Waals surface area contributed by atoms with Gasteiger partial charge in [-0.15, -0.1) is 41.3 Å². The molecule has 7 aromatic rings. The van der Waals surface area contributed by atoms with Gasteiger partial charge in [-0.2, -0.15) is 11.2 Å². The van der Waals surface area contributed by atoms with Gasteiger partial charge in [0.25, 0.3) is 0 Å². The number of fused-ring (bicyclic) bond motifs is 3. The summed E-state index contributed by atoms with van der Waals surface area (Å²) in [5.74, 6) is 3.00. The smallest absolute Gasteiger partial charge is 0.509 e. The minimum Gasteiger partial charge on any atom is -0.509 e. The van der Waals surface area contributed by atoms with E-state index >= 15 is 0 Å². The van der Waals surface area contributed by atoms with Crippen LogP contribution in [-0.2, 0) is 33.9 Å². The second kappa shape index (κ2) is 15.2. The van der Waals surface area contributed by atoms with E-state index in [9.17, 15) is 0 Å². The fourth-order valence-corrected chi connectivity index (χ4v) is 7.47. The minimum atomic E-state index is 0. The number of ether oxygens (including phenoxy) is 1. The van der Waals surface area contributed by atoms with Gasteiger partial charge in [0.2, 0.25) is 0 Å². The predicted octanol–water partition coefficient (Wildman–Crippen LogP) is 11.9. The van der Waals surface area contributed by atoms with E-state index in [1.54, 1.807) is 0 Å². The van der Waals surface area contributed by atoms with Crippen LogP contribution in [0.4, 0.5) is 0 Å². The van der Waals surface area contributed by atoms with Crippen LogP contribution in [0.25, 0.3) is 44.4 Å². The zero-order valence-corrected chi connectivity index (χ0v) is 34.1. The Morgan fingerprint density at radius 3 is 2.25 bits per heavy atom. The normalized spacial score (nSPS) is 11.6. The van der Waals surface area contributed by atoms with Gasteiger partial charge >= 0.3 is 21.1 Å². The molecule has 0 aliphatic carbocycles. The van der Waals surface area contributed by atoms with E-state index in [1.807, 2.05) is 12.3 Å². The van der Waals surface area contributed by atoms with Gasteiger partial charge in [0.05, 0.1) is 5.69 Å². The molecule has 0 spiro atoms. The van der Waals surface area contributed by atoms with E-state index in [-0.39, 0.29) is 27.0 Å². The standard InChI is InChI=1S/C46H48N4O.Pt/c1-10-34-19-20-47-44(23-34)49-41-14-12-11-13-39(41)40-17-16-37(27-43(40)49)51-38-25-35(29(4)5)24-36(26-38)50-42(18-15-28(2)3)46(33(9)48-50)45-31(7)21-30(6)22-32(45)8;/h11-14,16-17,19-25,28-29H,10,15,18H2,1-9H3;/q-2;+2. The fourth-order valence-electron chi connectivity index (χ4n) is 7.47. The summed E-state index contributed by atoms with van der Waals surface area (Å²) in [6, 6.07) is 33.0. The SMILES string of the molecule is CCc1ccnc(-n2c3[c-]c(Oc4[c-]c(-n5nc(C)c(-c6c(C)cc(C)cc6C)c5CCC(C)C)cc(C(C)C)c4)ccc3c3ccccc32)c1.[Pt+2]. The van der Waals surface area contributed by atoms with E-state index in [2.05, 4.69) is 150 Å². The molecule has 6 heteroatoms. The predicted molar refractivity (Wildman–Crippen MR) is 211 cm³/mol. The van der Waals surface area contributed by atoms with Gasteiger partial charge in [-0.05, 0) is 110 Å². The molecule has 0 aliphatic heterocycles. The van der Waals surface area contributed by atoms with Crippen molar-refractivity contribution in [3.63, 3.8) is 0 Å². The molecule has 268 valence electrons. The van der Waals surface area contributed by atoms with Crippen LogP contribution in [0.2, 0.25) is 0 Å². The molecular formula is C46H48N4OPt. The van der Waals surface area contributed by atoms with Gasteiger partial charge in [-0.25, -0.2) is 4.98 Å². The third-order valence-corrected chi connectivity index (χ3v) is 10.0. The number of aryl methyl sites for hydroxylation is 5. The molecule has 3 aromatic heterocycles. The maximum absolute atomic E-state index is 6.70. The summed E-state index contributed by atoms with van der Waals surface area (Å²) < 4.78 is 11.0. The zero-order chi connectivity index (χ0) is 36.0. The van der Waals surface area contributed by atoms with Crippen molar-refractivity contribution in [3.8, 4) is 34.1 Å². The first-order chi connectivity index (χ1) is 24.5. The van der Waals surface area contributed by atoms with Crippen molar-refractivity contribution in [2.75, 3.05) is 0 Å². The van der Waals surface area contributed by atoms with Crippen LogP contribution in [-0.4, -0.2) is 19.3 Å². The summed E-state index contributed by atoms with van der Waals surface area (Å²) in [5.41, 5.74) is 13.9. The minimum absolute atomic E-state index is 0. The van der Waals surface area contributed by atoms with E-state index < -0.39 is 0 Å². The van der Waals surface area contributed by atoms with Crippen LogP contribution in [0, 0.1) is 45.7 Å². The van der Waals surface area contributed by atoms with E-state index in [4.69, 9.17) is 14.8 Å². The molecule has 0 N–H and O–H groups in total. The molecule has 0 fully saturated rings. The second-order valence-electron chi connectivity index (χ2n) is 14.8. The molecule has 0 atom stereocenters. The van der Waals surface area contributed by atoms with Gasteiger partial charge in [-0.3, -0.25) is 4.68 Å². The van der Waals surface area contributed by atoms with Gasteiger partial charge < -0.3 is 9.30 Å². The Morgan fingerprint density at radius 1 is 0.788 bits per heavy atom. The summed E-state index contributed by atoms with van der Waals surface area (Å²) >= 11 is 0. The topological polar surface area (TPSA) is 44.9 Å². The van der Waals surface area contributed by atoms with Crippen molar-refractivity contribution in [2.45, 2.75) is 87.5 Å². The number of para-hydroxylation sites is 1. The Kier molecular flexibility index (Phi) is 10.9. The van der Waals surface area contributed by atoms with Crippen molar-refractivity contribution in [1.29, 1.82) is 0 Å². The number of hydrogen-bond donors (Lipinski definition) is 0. The summed E-state index contributed by atoms with van der Waals surface area (Å²) in [7, 11) is 0. The Bertz CT molecular complexity index is 2370. The number of hydrogen-bond acceptors (Lipinski definition) is 3. The van der Waals surface area contributed by atoms with Gasteiger partial charge in [0.1, 0.15) is 5.82 Å². The molecule has 5 nitrogen and oxygen atoms in total. The van der Waals surface area contributed by atoms with Crippen molar-refractivity contribution in [3.05, 3.63) is 130 Å². The van der Waals surface area contributed by atoms with E-state index in [0.29, 0.717) is 17.4 Å². The molecule has 3 heterocycles. The number of benzene rings is 4. The molecule has 0 radical (unpaired) electrons. The molecule has 0 amide bonds.